The van der Waals surface area contributed by atoms with Crippen LogP contribution in [0.5, 0.6) is 0 Å². The van der Waals surface area contributed by atoms with Crippen LogP contribution >= 0.6 is 11.3 Å². The minimum absolute atomic E-state index is 0.878. The highest BCUT2D eigenvalue weighted by Gasteiger charge is 2.16. The van der Waals surface area contributed by atoms with Crippen LogP contribution in [0.25, 0.3) is 0 Å². The summed E-state index contributed by atoms with van der Waals surface area (Å²) in [6.07, 6.45) is 0. The third-order valence-electron chi connectivity index (χ3n) is 3.81. The normalized spacial score (nSPS) is 22.7. The summed E-state index contributed by atoms with van der Waals surface area (Å²) in [6.45, 7) is 9.93. The van der Waals surface area contributed by atoms with E-state index >= 15 is 0 Å². The first-order chi connectivity index (χ1) is 9.42. The van der Waals surface area contributed by atoms with Crippen LogP contribution in [0.3, 0.4) is 0 Å². The minimum Gasteiger partial charge on any atom is -0.379 e. The molecule has 0 bridgehead atoms. The second-order valence-corrected chi connectivity index (χ2v) is 6.15. The number of hydrogen-bond acceptors (Lipinski definition) is 5. The van der Waals surface area contributed by atoms with E-state index in [0.29, 0.717) is 0 Å². The second-order valence-electron chi connectivity index (χ2n) is 5.15. The van der Waals surface area contributed by atoms with Crippen molar-refractivity contribution in [2.24, 2.45) is 0 Å². The van der Waals surface area contributed by atoms with Crippen LogP contribution in [0.2, 0.25) is 0 Å². The molecule has 5 heteroatoms. The zero-order chi connectivity index (χ0) is 12.9. The Labute approximate surface area is 118 Å². The Kier molecular flexibility index (Phi) is 4.85. The zero-order valence-corrected chi connectivity index (χ0v) is 12.2. The summed E-state index contributed by atoms with van der Waals surface area (Å²) in [5.41, 5.74) is 1.50. The number of morpholine rings is 2. The molecule has 2 aliphatic rings. The lowest BCUT2D eigenvalue weighted by Crippen LogP contribution is -2.37. The molecule has 0 atom stereocenters. The molecule has 0 unspecified atom stereocenters. The van der Waals surface area contributed by atoms with E-state index in [1.54, 1.807) is 0 Å². The fourth-order valence-corrected chi connectivity index (χ4v) is 3.55. The summed E-state index contributed by atoms with van der Waals surface area (Å²) >= 11 is 1.89. The summed E-state index contributed by atoms with van der Waals surface area (Å²) in [7, 11) is 0. The van der Waals surface area contributed by atoms with Gasteiger partial charge in [-0.1, -0.05) is 0 Å². The van der Waals surface area contributed by atoms with Gasteiger partial charge in [-0.05, 0) is 17.0 Å². The lowest BCUT2D eigenvalue weighted by Gasteiger charge is -2.28. The molecular weight excluding hydrogens is 260 g/mol. The van der Waals surface area contributed by atoms with Crippen LogP contribution in [-0.4, -0.2) is 62.4 Å². The van der Waals surface area contributed by atoms with Crippen LogP contribution in [0, 0.1) is 0 Å². The average Bonchev–Trinajstić information content (AvgIpc) is 2.88. The maximum Gasteiger partial charge on any atom is 0.0594 e. The topological polar surface area (TPSA) is 24.9 Å². The summed E-state index contributed by atoms with van der Waals surface area (Å²) < 4.78 is 10.8. The molecule has 0 saturated carbocycles. The van der Waals surface area contributed by atoms with Crippen LogP contribution < -0.4 is 0 Å². The quantitative estimate of drug-likeness (QED) is 0.834. The van der Waals surface area contributed by atoms with Crippen molar-refractivity contribution in [3.8, 4) is 0 Å². The van der Waals surface area contributed by atoms with Crippen molar-refractivity contribution in [3.63, 3.8) is 0 Å². The van der Waals surface area contributed by atoms with Crippen molar-refractivity contribution in [1.82, 2.24) is 9.80 Å². The van der Waals surface area contributed by atoms with E-state index < -0.39 is 0 Å². The van der Waals surface area contributed by atoms with E-state index in [4.69, 9.17) is 9.47 Å². The van der Waals surface area contributed by atoms with Crippen molar-refractivity contribution in [2.45, 2.75) is 13.1 Å². The Morgan fingerprint density at radius 1 is 0.895 bits per heavy atom. The summed E-state index contributed by atoms with van der Waals surface area (Å²) in [5, 5.41) is 2.23. The molecule has 0 amide bonds. The van der Waals surface area contributed by atoms with Crippen molar-refractivity contribution < 1.29 is 9.47 Å². The smallest absolute Gasteiger partial charge is 0.0594 e. The number of thiophene rings is 1. The van der Waals surface area contributed by atoms with Gasteiger partial charge in [-0.15, -0.1) is 11.3 Å². The number of rotatable bonds is 4. The largest absolute Gasteiger partial charge is 0.379 e. The Morgan fingerprint density at radius 2 is 1.47 bits per heavy atom. The SMILES string of the molecule is c1cc(CN2CCOCC2)c(CN2CCOCC2)s1. The maximum absolute atomic E-state index is 5.41. The maximum atomic E-state index is 5.41. The molecule has 19 heavy (non-hydrogen) atoms. The van der Waals surface area contributed by atoms with E-state index in [9.17, 15) is 0 Å². The molecule has 0 aliphatic carbocycles. The zero-order valence-electron chi connectivity index (χ0n) is 11.3. The highest BCUT2D eigenvalue weighted by Crippen LogP contribution is 2.21. The lowest BCUT2D eigenvalue weighted by molar-refractivity contribution is 0.0313. The first-order valence-corrected chi connectivity index (χ1v) is 7.95. The van der Waals surface area contributed by atoms with Crippen LogP contribution in [0.15, 0.2) is 11.4 Å². The van der Waals surface area contributed by atoms with Gasteiger partial charge in [0, 0.05) is 44.1 Å². The molecule has 0 aromatic carbocycles. The lowest BCUT2D eigenvalue weighted by atomic mass is 10.2. The summed E-state index contributed by atoms with van der Waals surface area (Å²) in [4.78, 5) is 6.51. The number of hydrogen-bond donors (Lipinski definition) is 0. The third-order valence-corrected chi connectivity index (χ3v) is 4.75. The first-order valence-electron chi connectivity index (χ1n) is 7.07. The molecule has 2 aliphatic heterocycles. The molecule has 1 aromatic heterocycles. The molecular formula is C14H22N2O2S. The average molecular weight is 282 g/mol. The highest BCUT2D eigenvalue weighted by molar-refractivity contribution is 7.10. The van der Waals surface area contributed by atoms with Gasteiger partial charge < -0.3 is 9.47 Å². The summed E-state index contributed by atoms with van der Waals surface area (Å²) in [5.74, 6) is 0. The fourth-order valence-electron chi connectivity index (χ4n) is 2.61. The van der Waals surface area contributed by atoms with Gasteiger partial charge in [-0.2, -0.15) is 0 Å². The standard InChI is InChI=1S/C14H22N2O2S/c1-10-19-14(12-16-4-8-18-9-5-16)13(1)11-15-2-6-17-7-3-15/h1,10H,2-9,11-12H2. The monoisotopic (exact) mass is 282 g/mol. The van der Waals surface area contributed by atoms with Crippen LogP contribution in [0.1, 0.15) is 10.4 Å². The van der Waals surface area contributed by atoms with Gasteiger partial charge in [0.05, 0.1) is 26.4 Å². The number of nitrogens with zero attached hydrogens (tertiary/aromatic N) is 2. The molecule has 0 radical (unpaired) electrons. The van der Waals surface area contributed by atoms with Gasteiger partial charge in [-0.25, -0.2) is 0 Å². The van der Waals surface area contributed by atoms with Gasteiger partial charge in [-0.3, -0.25) is 9.80 Å². The van der Waals surface area contributed by atoms with Crippen molar-refractivity contribution in [3.05, 3.63) is 21.9 Å². The van der Waals surface area contributed by atoms with E-state index in [1.165, 1.54) is 10.4 Å². The molecule has 0 spiro atoms. The number of ether oxygens (including phenoxy) is 2. The summed E-state index contributed by atoms with van der Waals surface area (Å²) in [6, 6.07) is 2.29. The van der Waals surface area contributed by atoms with Gasteiger partial charge in [0.25, 0.3) is 0 Å². The van der Waals surface area contributed by atoms with Crippen molar-refractivity contribution >= 4 is 11.3 Å². The Hall–Kier alpha value is -0.460. The van der Waals surface area contributed by atoms with E-state index in [1.807, 2.05) is 11.3 Å². The predicted molar refractivity (Wildman–Crippen MR) is 76.5 cm³/mol. The first kappa shape index (κ1) is 13.5. The van der Waals surface area contributed by atoms with Gasteiger partial charge >= 0.3 is 0 Å². The predicted octanol–water partition coefficient (Wildman–Crippen LogP) is 1.41. The third kappa shape index (κ3) is 3.77. The molecule has 1 aromatic rings. The molecule has 3 rings (SSSR count). The molecule has 2 fully saturated rings. The highest BCUT2D eigenvalue weighted by atomic mass is 32.1. The van der Waals surface area contributed by atoms with E-state index in [2.05, 4.69) is 21.2 Å². The van der Waals surface area contributed by atoms with E-state index in [-0.39, 0.29) is 0 Å². The van der Waals surface area contributed by atoms with E-state index in [0.717, 1.165) is 65.7 Å². The van der Waals surface area contributed by atoms with Crippen molar-refractivity contribution in [2.75, 3.05) is 52.6 Å². The molecule has 4 nitrogen and oxygen atoms in total. The fraction of sp³-hybridized carbons (Fsp3) is 0.714. The molecule has 0 N–H and O–H groups in total. The van der Waals surface area contributed by atoms with Crippen molar-refractivity contribution in [1.29, 1.82) is 0 Å². The minimum atomic E-state index is 0.878. The molecule has 106 valence electrons. The van der Waals surface area contributed by atoms with Gasteiger partial charge in [0.2, 0.25) is 0 Å². The molecule has 3 heterocycles. The Morgan fingerprint density at radius 3 is 2.11 bits per heavy atom. The molecule has 2 saturated heterocycles. The van der Waals surface area contributed by atoms with Crippen LogP contribution in [0.4, 0.5) is 0 Å². The van der Waals surface area contributed by atoms with Gasteiger partial charge in [0.1, 0.15) is 0 Å². The van der Waals surface area contributed by atoms with Crippen LogP contribution in [-0.2, 0) is 22.6 Å². The van der Waals surface area contributed by atoms with Gasteiger partial charge in [0.15, 0.2) is 0 Å². The Bertz CT molecular complexity index is 350. The second kappa shape index (κ2) is 6.81. The Balaban J connectivity index is 1.57.